The molecule has 0 saturated carbocycles. The Kier molecular flexibility index (Phi) is 3.03. The number of nitrogens with zero attached hydrogens (tertiary/aromatic N) is 1. The maximum Gasteiger partial charge on any atom is 0.354 e. The van der Waals surface area contributed by atoms with Gasteiger partial charge < -0.3 is 9.72 Å². The first-order valence-electron chi connectivity index (χ1n) is 5.05. The van der Waals surface area contributed by atoms with E-state index < -0.39 is 5.97 Å². The topological polar surface area (TPSA) is 65.9 Å². The van der Waals surface area contributed by atoms with Crippen LogP contribution in [0.3, 0.4) is 0 Å². The zero-order chi connectivity index (χ0) is 12.4. The number of hydrogen-bond donors (Lipinski definition) is 1. The Hall–Kier alpha value is -1.99. The summed E-state index contributed by atoms with van der Waals surface area (Å²) in [5.74, 6) is -0.441. The average Bonchev–Trinajstić information content (AvgIpc) is 2.71. The molecule has 0 atom stereocenters. The second kappa shape index (κ2) is 4.48. The molecule has 0 aliphatic carbocycles. The minimum Gasteiger partial charge on any atom is -0.461 e. The highest BCUT2D eigenvalue weighted by Crippen LogP contribution is 2.24. The van der Waals surface area contributed by atoms with Gasteiger partial charge in [-0.15, -0.1) is 0 Å². The fraction of sp³-hybridized carbons (Fsp3) is 0.167. The van der Waals surface area contributed by atoms with Crippen molar-refractivity contribution in [3.63, 3.8) is 0 Å². The minimum atomic E-state index is -0.441. The van der Waals surface area contributed by atoms with Gasteiger partial charge in [0.1, 0.15) is 11.8 Å². The van der Waals surface area contributed by atoms with Gasteiger partial charge in [0.15, 0.2) is 0 Å². The molecule has 0 amide bonds. The lowest BCUT2D eigenvalue weighted by atomic mass is 10.1. The number of carbonyl (C=O) groups excluding carboxylic acids is 1. The van der Waals surface area contributed by atoms with E-state index in [1.165, 1.54) is 0 Å². The number of rotatable bonds is 2. The number of H-pyrrole nitrogens is 1. The quantitative estimate of drug-likeness (QED) is 0.831. The highest BCUT2D eigenvalue weighted by atomic mass is 35.5. The standard InChI is InChI=1S/C12H9ClN2O2/c1-2-17-12(16)10-5-7-3-9(13)4-8(6-14)11(7)15-10/h3-5,15H,2H2,1H3. The number of nitriles is 1. The molecule has 2 aromatic rings. The number of ether oxygens (including phenoxy) is 1. The van der Waals surface area contributed by atoms with Crippen LogP contribution in [0.2, 0.25) is 5.02 Å². The first kappa shape index (κ1) is 11.5. The third kappa shape index (κ3) is 2.10. The van der Waals surface area contributed by atoms with E-state index >= 15 is 0 Å². The third-order valence-corrected chi connectivity index (χ3v) is 2.53. The van der Waals surface area contributed by atoms with Crippen LogP contribution in [0.25, 0.3) is 10.9 Å². The van der Waals surface area contributed by atoms with E-state index in [-0.39, 0.29) is 0 Å². The number of nitrogens with one attached hydrogen (secondary N) is 1. The Labute approximate surface area is 103 Å². The molecule has 86 valence electrons. The number of fused-ring (bicyclic) bond motifs is 1. The van der Waals surface area contributed by atoms with Crippen molar-refractivity contribution in [3.05, 3.63) is 34.5 Å². The first-order valence-corrected chi connectivity index (χ1v) is 5.43. The fourth-order valence-electron chi connectivity index (χ4n) is 1.61. The molecule has 0 aliphatic rings. The van der Waals surface area contributed by atoms with Gasteiger partial charge in [0.2, 0.25) is 0 Å². The Bertz CT molecular complexity index is 625. The van der Waals surface area contributed by atoms with Gasteiger partial charge in [-0.05, 0) is 25.1 Å². The molecule has 1 heterocycles. The lowest BCUT2D eigenvalue weighted by Crippen LogP contribution is -2.04. The summed E-state index contributed by atoms with van der Waals surface area (Å²) in [6.07, 6.45) is 0. The Morgan fingerprint density at radius 1 is 1.53 bits per heavy atom. The van der Waals surface area contributed by atoms with E-state index in [1.54, 1.807) is 25.1 Å². The summed E-state index contributed by atoms with van der Waals surface area (Å²) in [5, 5.41) is 10.1. The zero-order valence-corrected chi connectivity index (χ0v) is 9.84. The predicted molar refractivity (Wildman–Crippen MR) is 64.0 cm³/mol. The normalized spacial score (nSPS) is 10.2. The largest absolute Gasteiger partial charge is 0.461 e. The number of esters is 1. The molecule has 17 heavy (non-hydrogen) atoms. The van der Waals surface area contributed by atoms with Gasteiger partial charge in [-0.3, -0.25) is 0 Å². The van der Waals surface area contributed by atoms with Crippen molar-refractivity contribution in [3.8, 4) is 6.07 Å². The lowest BCUT2D eigenvalue weighted by Gasteiger charge is -1.97. The molecule has 0 bridgehead atoms. The van der Waals surface area contributed by atoms with E-state index in [4.69, 9.17) is 21.6 Å². The summed E-state index contributed by atoms with van der Waals surface area (Å²) in [6, 6.07) is 6.89. The first-order chi connectivity index (χ1) is 8.15. The van der Waals surface area contributed by atoms with Gasteiger partial charge in [0.05, 0.1) is 17.7 Å². The number of aromatic nitrogens is 1. The number of benzene rings is 1. The van der Waals surface area contributed by atoms with Gasteiger partial charge in [0.25, 0.3) is 0 Å². The Balaban J connectivity index is 2.58. The van der Waals surface area contributed by atoms with Crippen molar-refractivity contribution >= 4 is 28.5 Å². The van der Waals surface area contributed by atoms with Crippen molar-refractivity contribution < 1.29 is 9.53 Å². The summed E-state index contributed by atoms with van der Waals surface area (Å²) in [5.41, 5.74) is 1.32. The highest BCUT2D eigenvalue weighted by molar-refractivity contribution is 6.31. The Morgan fingerprint density at radius 2 is 2.29 bits per heavy atom. The van der Waals surface area contributed by atoms with Gasteiger partial charge in [-0.2, -0.15) is 5.26 Å². The molecule has 0 radical (unpaired) electrons. The van der Waals surface area contributed by atoms with Crippen molar-refractivity contribution in [2.24, 2.45) is 0 Å². The maximum absolute atomic E-state index is 11.5. The van der Waals surface area contributed by atoms with E-state index in [2.05, 4.69) is 4.98 Å². The molecule has 2 rings (SSSR count). The molecule has 0 spiro atoms. The fourth-order valence-corrected chi connectivity index (χ4v) is 1.84. The average molecular weight is 249 g/mol. The van der Waals surface area contributed by atoms with E-state index in [9.17, 15) is 4.79 Å². The van der Waals surface area contributed by atoms with Crippen molar-refractivity contribution in [2.75, 3.05) is 6.61 Å². The lowest BCUT2D eigenvalue weighted by molar-refractivity contribution is 0.0520. The van der Waals surface area contributed by atoms with Crippen LogP contribution in [0, 0.1) is 11.3 Å². The highest BCUT2D eigenvalue weighted by Gasteiger charge is 2.13. The predicted octanol–water partition coefficient (Wildman–Crippen LogP) is 2.87. The van der Waals surface area contributed by atoms with Gasteiger partial charge >= 0.3 is 5.97 Å². The number of hydrogen-bond acceptors (Lipinski definition) is 3. The van der Waals surface area contributed by atoms with Crippen LogP contribution in [-0.2, 0) is 4.74 Å². The van der Waals surface area contributed by atoms with Crippen LogP contribution in [0.1, 0.15) is 23.0 Å². The van der Waals surface area contributed by atoms with Crippen LogP contribution in [0.4, 0.5) is 0 Å². The Morgan fingerprint density at radius 3 is 2.94 bits per heavy atom. The number of carbonyl (C=O) groups is 1. The molecular formula is C12H9ClN2O2. The molecule has 0 saturated heterocycles. The molecule has 0 aliphatic heterocycles. The molecule has 1 aromatic heterocycles. The van der Waals surface area contributed by atoms with Crippen LogP contribution < -0.4 is 0 Å². The smallest absolute Gasteiger partial charge is 0.354 e. The second-order valence-electron chi connectivity index (χ2n) is 3.43. The molecule has 0 unspecified atom stereocenters. The summed E-state index contributed by atoms with van der Waals surface area (Å²) in [7, 11) is 0. The van der Waals surface area contributed by atoms with E-state index in [0.717, 1.165) is 5.39 Å². The van der Waals surface area contributed by atoms with Crippen LogP contribution in [-0.4, -0.2) is 17.6 Å². The summed E-state index contributed by atoms with van der Waals surface area (Å²) >= 11 is 5.87. The summed E-state index contributed by atoms with van der Waals surface area (Å²) < 4.78 is 4.88. The van der Waals surface area contributed by atoms with Gasteiger partial charge in [-0.1, -0.05) is 11.6 Å². The monoisotopic (exact) mass is 248 g/mol. The van der Waals surface area contributed by atoms with Crippen molar-refractivity contribution in [1.82, 2.24) is 4.98 Å². The summed E-state index contributed by atoms with van der Waals surface area (Å²) in [6.45, 7) is 2.04. The van der Waals surface area contributed by atoms with Gasteiger partial charge in [-0.25, -0.2) is 4.79 Å². The van der Waals surface area contributed by atoms with E-state index in [1.807, 2.05) is 6.07 Å². The van der Waals surface area contributed by atoms with Crippen molar-refractivity contribution in [1.29, 1.82) is 5.26 Å². The molecule has 1 N–H and O–H groups in total. The molecule has 1 aromatic carbocycles. The zero-order valence-electron chi connectivity index (χ0n) is 9.08. The SMILES string of the molecule is CCOC(=O)c1cc2cc(Cl)cc(C#N)c2[nH]1. The maximum atomic E-state index is 11.5. The molecule has 5 heteroatoms. The summed E-state index contributed by atoms with van der Waals surface area (Å²) in [4.78, 5) is 14.4. The molecule has 0 fully saturated rings. The van der Waals surface area contributed by atoms with Gasteiger partial charge in [0, 0.05) is 10.4 Å². The number of aromatic amines is 1. The molecular weight excluding hydrogens is 240 g/mol. The van der Waals surface area contributed by atoms with Crippen LogP contribution in [0.15, 0.2) is 18.2 Å². The minimum absolute atomic E-state index is 0.306. The molecule has 4 nitrogen and oxygen atoms in total. The number of halogens is 1. The van der Waals surface area contributed by atoms with Crippen molar-refractivity contribution in [2.45, 2.75) is 6.92 Å². The van der Waals surface area contributed by atoms with E-state index in [0.29, 0.717) is 28.4 Å². The second-order valence-corrected chi connectivity index (χ2v) is 3.87. The van der Waals surface area contributed by atoms with Crippen LogP contribution in [0.5, 0.6) is 0 Å². The third-order valence-electron chi connectivity index (χ3n) is 2.31. The van der Waals surface area contributed by atoms with Crippen LogP contribution >= 0.6 is 11.6 Å².